The smallest absolute Gasteiger partial charge is 0.241 e. The summed E-state index contributed by atoms with van der Waals surface area (Å²) < 4.78 is 0. The van der Waals surface area contributed by atoms with Crippen LogP contribution in [0.5, 0.6) is 0 Å². The van der Waals surface area contributed by atoms with E-state index in [1.165, 1.54) is 17.5 Å². The number of likely N-dealkylation sites (tertiary alicyclic amines) is 1. The van der Waals surface area contributed by atoms with Crippen LogP contribution in [0.3, 0.4) is 0 Å². The molecule has 1 aliphatic heterocycles. The molecule has 0 saturated carbocycles. The van der Waals surface area contributed by atoms with Gasteiger partial charge < -0.3 is 10.2 Å². The van der Waals surface area contributed by atoms with Crippen molar-refractivity contribution in [2.45, 2.75) is 46.5 Å². The number of rotatable bonds is 4. The van der Waals surface area contributed by atoms with E-state index in [1.807, 2.05) is 4.90 Å². The quantitative estimate of drug-likeness (QED) is 0.914. The van der Waals surface area contributed by atoms with Gasteiger partial charge in [-0.1, -0.05) is 39.0 Å². The molecular formula is C18H28N2O. The summed E-state index contributed by atoms with van der Waals surface area (Å²) in [5.74, 6) is 1.31. The molecule has 1 N–H and O–H groups in total. The first-order chi connectivity index (χ1) is 9.99. The predicted octanol–water partition coefficient (Wildman–Crippen LogP) is 3.79. The van der Waals surface area contributed by atoms with Gasteiger partial charge in [0.15, 0.2) is 0 Å². The summed E-state index contributed by atoms with van der Waals surface area (Å²) in [4.78, 5) is 14.4. The van der Waals surface area contributed by atoms with E-state index in [0.717, 1.165) is 25.2 Å². The molecule has 3 nitrogen and oxygen atoms in total. The van der Waals surface area contributed by atoms with Gasteiger partial charge >= 0.3 is 0 Å². The minimum atomic E-state index is 0.222. The molecule has 0 radical (unpaired) electrons. The van der Waals surface area contributed by atoms with Gasteiger partial charge in [0, 0.05) is 18.8 Å². The Hall–Kier alpha value is -1.51. The zero-order valence-corrected chi connectivity index (χ0v) is 13.8. The number of amides is 1. The molecule has 0 bridgehead atoms. The van der Waals surface area contributed by atoms with Crippen molar-refractivity contribution in [2.24, 2.45) is 5.92 Å². The molecule has 1 atom stereocenters. The van der Waals surface area contributed by atoms with Crippen LogP contribution < -0.4 is 5.32 Å². The molecule has 1 aliphatic rings. The summed E-state index contributed by atoms with van der Waals surface area (Å²) in [6.07, 6.45) is 2.38. The number of para-hydroxylation sites is 1. The molecule has 21 heavy (non-hydrogen) atoms. The average molecular weight is 288 g/mol. The largest absolute Gasteiger partial charge is 0.376 e. The fraction of sp³-hybridized carbons (Fsp3) is 0.611. The zero-order valence-electron chi connectivity index (χ0n) is 13.8. The van der Waals surface area contributed by atoms with Crippen LogP contribution in [0.15, 0.2) is 18.2 Å². The number of benzene rings is 1. The van der Waals surface area contributed by atoms with E-state index >= 15 is 0 Å². The maximum absolute atomic E-state index is 12.4. The van der Waals surface area contributed by atoms with E-state index in [0.29, 0.717) is 18.4 Å². The van der Waals surface area contributed by atoms with Crippen LogP contribution in [0.2, 0.25) is 0 Å². The van der Waals surface area contributed by atoms with Gasteiger partial charge in [-0.05, 0) is 42.7 Å². The fourth-order valence-corrected chi connectivity index (χ4v) is 3.10. The molecule has 2 rings (SSSR count). The number of hydrogen-bond acceptors (Lipinski definition) is 2. The van der Waals surface area contributed by atoms with Gasteiger partial charge in [-0.2, -0.15) is 0 Å². The number of carbonyl (C=O) groups is 1. The summed E-state index contributed by atoms with van der Waals surface area (Å²) in [5, 5.41) is 3.38. The van der Waals surface area contributed by atoms with E-state index in [-0.39, 0.29) is 5.91 Å². The highest BCUT2D eigenvalue weighted by molar-refractivity contribution is 5.81. The second-order valence-electron chi connectivity index (χ2n) is 6.63. The van der Waals surface area contributed by atoms with Crippen molar-refractivity contribution >= 4 is 11.6 Å². The Bertz CT molecular complexity index is 496. The SMILES string of the molecule is Cc1cccc(C(C)C)c1NCC(=O)N1CCCC(C)C1. The molecule has 1 fully saturated rings. The average Bonchev–Trinajstić information content (AvgIpc) is 2.45. The number of carbonyl (C=O) groups excluding carboxylic acids is 1. The van der Waals surface area contributed by atoms with Crippen molar-refractivity contribution in [3.8, 4) is 0 Å². The minimum Gasteiger partial charge on any atom is -0.376 e. The summed E-state index contributed by atoms with van der Waals surface area (Å²) in [6, 6.07) is 6.33. The summed E-state index contributed by atoms with van der Waals surface area (Å²) in [7, 11) is 0. The Labute approximate surface area is 128 Å². The van der Waals surface area contributed by atoms with E-state index in [1.54, 1.807) is 0 Å². The van der Waals surface area contributed by atoms with Crippen molar-refractivity contribution in [1.29, 1.82) is 0 Å². The first kappa shape index (κ1) is 15.9. The second kappa shape index (κ2) is 6.97. The zero-order chi connectivity index (χ0) is 15.4. The highest BCUT2D eigenvalue weighted by Crippen LogP contribution is 2.27. The third-order valence-electron chi connectivity index (χ3n) is 4.35. The van der Waals surface area contributed by atoms with Crippen molar-refractivity contribution in [1.82, 2.24) is 4.90 Å². The maximum atomic E-state index is 12.4. The normalized spacial score (nSPS) is 18.9. The lowest BCUT2D eigenvalue weighted by molar-refractivity contribution is -0.130. The first-order valence-corrected chi connectivity index (χ1v) is 8.10. The Balaban J connectivity index is 2.01. The van der Waals surface area contributed by atoms with Crippen molar-refractivity contribution in [3.05, 3.63) is 29.3 Å². The van der Waals surface area contributed by atoms with Crippen LogP contribution in [0.1, 0.15) is 50.7 Å². The molecule has 3 heteroatoms. The molecule has 0 aromatic heterocycles. The topological polar surface area (TPSA) is 32.3 Å². The Kier molecular flexibility index (Phi) is 5.27. The summed E-state index contributed by atoms with van der Waals surface area (Å²) in [6.45, 7) is 10.9. The highest BCUT2D eigenvalue weighted by atomic mass is 16.2. The highest BCUT2D eigenvalue weighted by Gasteiger charge is 2.21. The molecule has 0 spiro atoms. The molecule has 1 aromatic rings. The van der Waals surface area contributed by atoms with Gasteiger partial charge in [0.25, 0.3) is 0 Å². The second-order valence-corrected chi connectivity index (χ2v) is 6.63. The van der Waals surface area contributed by atoms with Crippen molar-refractivity contribution in [2.75, 3.05) is 25.0 Å². The number of nitrogens with zero attached hydrogens (tertiary/aromatic N) is 1. The molecule has 1 aromatic carbocycles. The molecular weight excluding hydrogens is 260 g/mol. The van der Waals surface area contributed by atoms with Gasteiger partial charge in [0.1, 0.15) is 0 Å². The van der Waals surface area contributed by atoms with Crippen LogP contribution in [-0.4, -0.2) is 30.4 Å². The maximum Gasteiger partial charge on any atom is 0.241 e. The number of piperidine rings is 1. The monoisotopic (exact) mass is 288 g/mol. The van der Waals surface area contributed by atoms with Gasteiger partial charge in [0.2, 0.25) is 5.91 Å². The van der Waals surface area contributed by atoms with Crippen molar-refractivity contribution < 1.29 is 4.79 Å². The standard InChI is InChI=1S/C18H28N2O/c1-13(2)16-9-5-8-15(4)18(16)19-11-17(21)20-10-6-7-14(3)12-20/h5,8-9,13-14,19H,6-7,10-12H2,1-4H3. The molecule has 1 heterocycles. The molecule has 116 valence electrons. The minimum absolute atomic E-state index is 0.222. The molecule has 0 aliphatic carbocycles. The number of hydrogen-bond donors (Lipinski definition) is 1. The lowest BCUT2D eigenvalue weighted by Gasteiger charge is -2.31. The van der Waals surface area contributed by atoms with Crippen LogP contribution >= 0.6 is 0 Å². The molecule has 1 amide bonds. The van der Waals surface area contributed by atoms with E-state index in [4.69, 9.17) is 0 Å². The number of anilines is 1. The van der Waals surface area contributed by atoms with Gasteiger partial charge in [-0.15, -0.1) is 0 Å². The van der Waals surface area contributed by atoms with Crippen LogP contribution in [0.4, 0.5) is 5.69 Å². The third kappa shape index (κ3) is 3.99. The third-order valence-corrected chi connectivity index (χ3v) is 4.35. The van der Waals surface area contributed by atoms with Gasteiger partial charge in [-0.25, -0.2) is 0 Å². The lowest BCUT2D eigenvalue weighted by atomic mass is 9.98. The lowest BCUT2D eigenvalue weighted by Crippen LogP contribution is -2.42. The predicted molar refractivity (Wildman–Crippen MR) is 88.7 cm³/mol. The molecule has 1 saturated heterocycles. The van der Waals surface area contributed by atoms with Crippen LogP contribution in [0.25, 0.3) is 0 Å². The van der Waals surface area contributed by atoms with Gasteiger partial charge in [0.05, 0.1) is 6.54 Å². The fourth-order valence-electron chi connectivity index (χ4n) is 3.10. The number of aryl methyl sites for hydroxylation is 1. The summed E-state index contributed by atoms with van der Waals surface area (Å²) in [5.41, 5.74) is 3.63. The van der Waals surface area contributed by atoms with Crippen molar-refractivity contribution in [3.63, 3.8) is 0 Å². The van der Waals surface area contributed by atoms with Crippen LogP contribution in [0, 0.1) is 12.8 Å². The van der Waals surface area contributed by atoms with E-state index < -0.39 is 0 Å². The Morgan fingerprint density at radius 1 is 1.43 bits per heavy atom. The summed E-state index contributed by atoms with van der Waals surface area (Å²) >= 11 is 0. The van der Waals surface area contributed by atoms with Crippen LogP contribution in [-0.2, 0) is 4.79 Å². The first-order valence-electron chi connectivity index (χ1n) is 8.10. The Morgan fingerprint density at radius 2 is 2.19 bits per heavy atom. The molecule has 1 unspecified atom stereocenters. The Morgan fingerprint density at radius 3 is 2.86 bits per heavy atom. The number of nitrogens with one attached hydrogen (secondary N) is 1. The van der Waals surface area contributed by atoms with Gasteiger partial charge in [-0.3, -0.25) is 4.79 Å². The van der Waals surface area contributed by atoms with E-state index in [2.05, 4.69) is 51.2 Å². The van der Waals surface area contributed by atoms with E-state index in [9.17, 15) is 4.79 Å².